The van der Waals surface area contributed by atoms with E-state index in [1.165, 1.54) is 0 Å². The largest absolute Gasteiger partial charge is 0.353 e. The minimum atomic E-state index is -0.142. The second-order valence-corrected chi connectivity index (χ2v) is 7.31. The second kappa shape index (κ2) is 7.39. The number of piperazine rings is 1. The molecule has 0 unspecified atom stereocenters. The third-order valence-corrected chi connectivity index (χ3v) is 5.16. The first-order valence-electron chi connectivity index (χ1n) is 9.48. The number of anilines is 2. The Hall–Kier alpha value is -2.89. The number of carbonyl (C=O) groups excluding carboxylic acids is 2. The van der Waals surface area contributed by atoms with Crippen LogP contribution in [0, 0.1) is 12.8 Å². The molecule has 1 N–H and O–H groups in total. The summed E-state index contributed by atoms with van der Waals surface area (Å²) in [5.74, 6) is 1.33. The van der Waals surface area contributed by atoms with Crippen molar-refractivity contribution in [1.82, 2.24) is 9.88 Å². The van der Waals surface area contributed by atoms with Crippen LogP contribution in [0.5, 0.6) is 0 Å². The molecule has 2 aromatic rings. The van der Waals surface area contributed by atoms with Crippen LogP contribution in [0.3, 0.4) is 0 Å². The van der Waals surface area contributed by atoms with Crippen LogP contribution in [0.2, 0.25) is 0 Å². The van der Waals surface area contributed by atoms with E-state index in [1.807, 2.05) is 48.2 Å². The van der Waals surface area contributed by atoms with E-state index in [4.69, 9.17) is 0 Å². The van der Waals surface area contributed by atoms with Gasteiger partial charge in [0.2, 0.25) is 5.91 Å². The molecule has 1 aromatic heterocycles. The van der Waals surface area contributed by atoms with Gasteiger partial charge in [-0.05, 0) is 44.0 Å². The summed E-state index contributed by atoms with van der Waals surface area (Å²) in [4.78, 5) is 33.1. The van der Waals surface area contributed by atoms with Crippen molar-refractivity contribution in [3.63, 3.8) is 0 Å². The zero-order chi connectivity index (χ0) is 18.8. The Balaban J connectivity index is 1.33. The Morgan fingerprint density at radius 3 is 2.30 bits per heavy atom. The molecule has 0 atom stereocenters. The molecule has 2 fully saturated rings. The lowest BCUT2D eigenvalue weighted by Gasteiger charge is -2.35. The third kappa shape index (κ3) is 4.10. The average Bonchev–Trinajstić information content (AvgIpc) is 3.54. The normalized spacial score (nSPS) is 16.9. The van der Waals surface area contributed by atoms with Gasteiger partial charge in [0, 0.05) is 37.7 Å². The molecule has 27 heavy (non-hydrogen) atoms. The van der Waals surface area contributed by atoms with Gasteiger partial charge in [-0.25, -0.2) is 4.98 Å². The van der Waals surface area contributed by atoms with Crippen molar-refractivity contribution in [1.29, 1.82) is 0 Å². The number of pyridine rings is 1. The maximum atomic E-state index is 12.3. The standard InChI is InChI=1S/C21H24N4O2/c1-15-2-4-16(5-3-15)20(26)23-18-8-9-19(22-14-18)24-10-12-25(13-11-24)21(27)17-6-7-17/h2-5,8-9,14,17H,6-7,10-13H2,1H3,(H,23,26). The van der Waals surface area contributed by atoms with Crippen LogP contribution in [0.1, 0.15) is 28.8 Å². The van der Waals surface area contributed by atoms with Crippen LogP contribution in [-0.2, 0) is 4.79 Å². The fraction of sp³-hybridized carbons (Fsp3) is 0.381. The van der Waals surface area contributed by atoms with Gasteiger partial charge in [-0.15, -0.1) is 0 Å². The van der Waals surface area contributed by atoms with Gasteiger partial charge >= 0.3 is 0 Å². The molecular formula is C21H24N4O2. The van der Waals surface area contributed by atoms with Crippen molar-refractivity contribution in [3.8, 4) is 0 Å². The van der Waals surface area contributed by atoms with Crippen molar-refractivity contribution in [2.24, 2.45) is 5.92 Å². The molecule has 0 bridgehead atoms. The van der Waals surface area contributed by atoms with Gasteiger partial charge < -0.3 is 15.1 Å². The van der Waals surface area contributed by atoms with Gasteiger partial charge in [0.1, 0.15) is 5.82 Å². The maximum absolute atomic E-state index is 12.3. The molecule has 2 heterocycles. The number of rotatable bonds is 4. The number of nitrogens with one attached hydrogen (secondary N) is 1. The number of aromatic nitrogens is 1. The van der Waals surface area contributed by atoms with Crippen molar-refractivity contribution in [2.75, 3.05) is 36.4 Å². The second-order valence-electron chi connectivity index (χ2n) is 7.31. The molecule has 1 saturated heterocycles. The quantitative estimate of drug-likeness (QED) is 0.906. The molecule has 1 saturated carbocycles. The molecule has 2 amide bonds. The van der Waals surface area contributed by atoms with Crippen LogP contribution in [0.15, 0.2) is 42.6 Å². The fourth-order valence-corrected chi connectivity index (χ4v) is 3.30. The van der Waals surface area contributed by atoms with E-state index >= 15 is 0 Å². The highest BCUT2D eigenvalue weighted by atomic mass is 16.2. The number of hydrogen-bond acceptors (Lipinski definition) is 4. The summed E-state index contributed by atoms with van der Waals surface area (Å²) in [6, 6.07) is 11.3. The third-order valence-electron chi connectivity index (χ3n) is 5.16. The highest BCUT2D eigenvalue weighted by Crippen LogP contribution is 2.31. The van der Waals surface area contributed by atoms with E-state index in [1.54, 1.807) is 6.20 Å². The van der Waals surface area contributed by atoms with E-state index in [2.05, 4.69) is 15.2 Å². The number of aryl methyl sites for hydroxylation is 1. The number of amides is 2. The molecule has 0 radical (unpaired) electrons. The Morgan fingerprint density at radius 2 is 1.70 bits per heavy atom. The number of carbonyl (C=O) groups is 2. The number of nitrogens with zero attached hydrogens (tertiary/aromatic N) is 3. The summed E-state index contributed by atoms with van der Waals surface area (Å²) in [6.45, 7) is 5.08. The average molecular weight is 364 g/mol. The molecule has 6 heteroatoms. The molecule has 0 spiro atoms. The molecule has 1 aliphatic carbocycles. The highest BCUT2D eigenvalue weighted by molar-refractivity contribution is 6.04. The molecule has 6 nitrogen and oxygen atoms in total. The van der Waals surface area contributed by atoms with Gasteiger partial charge in [0.25, 0.3) is 5.91 Å². The summed E-state index contributed by atoms with van der Waals surface area (Å²) in [5, 5.41) is 2.88. The first-order chi connectivity index (χ1) is 13.1. The maximum Gasteiger partial charge on any atom is 0.255 e. The summed E-state index contributed by atoms with van der Waals surface area (Å²) in [7, 11) is 0. The first kappa shape index (κ1) is 17.5. The summed E-state index contributed by atoms with van der Waals surface area (Å²) < 4.78 is 0. The predicted molar refractivity (Wildman–Crippen MR) is 105 cm³/mol. The van der Waals surface area contributed by atoms with Crippen LogP contribution < -0.4 is 10.2 Å². The Bertz CT molecular complexity index is 820. The molecule has 1 aliphatic heterocycles. The minimum Gasteiger partial charge on any atom is -0.353 e. The molecular weight excluding hydrogens is 340 g/mol. The van der Waals surface area contributed by atoms with Gasteiger partial charge in [-0.3, -0.25) is 9.59 Å². The van der Waals surface area contributed by atoms with Crippen molar-refractivity contribution in [3.05, 3.63) is 53.7 Å². The lowest BCUT2D eigenvalue weighted by molar-refractivity contribution is -0.132. The van der Waals surface area contributed by atoms with Crippen molar-refractivity contribution >= 4 is 23.3 Å². The molecule has 140 valence electrons. The Morgan fingerprint density at radius 1 is 1.00 bits per heavy atom. The van der Waals surface area contributed by atoms with Gasteiger partial charge in [0.05, 0.1) is 11.9 Å². The zero-order valence-electron chi connectivity index (χ0n) is 15.5. The van der Waals surface area contributed by atoms with E-state index in [-0.39, 0.29) is 11.8 Å². The number of benzene rings is 1. The summed E-state index contributed by atoms with van der Waals surface area (Å²) in [5.41, 5.74) is 2.42. The smallest absolute Gasteiger partial charge is 0.255 e. The van der Waals surface area contributed by atoms with Crippen LogP contribution in [-0.4, -0.2) is 47.9 Å². The number of hydrogen-bond donors (Lipinski definition) is 1. The molecule has 1 aromatic carbocycles. The van der Waals surface area contributed by atoms with E-state index in [0.29, 0.717) is 17.2 Å². The minimum absolute atomic E-state index is 0.142. The van der Waals surface area contributed by atoms with E-state index < -0.39 is 0 Å². The van der Waals surface area contributed by atoms with E-state index in [9.17, 15) is 9.59 Å². The summed E-state index contributed by atoms with van der Waals surface area (Å²) in [6.07, 6.45) is 3.79. The topological polar surface area (TPSA) is 65.5 Å². The van der Waals surface area contributed by atoms with Crippen molar-refractivity contribution in [2.45, 2.75) is 19.8 Å². The first-order valence-corrected chi connectivity index (χ1v) is 9.48. The highest BCUT2D eigenvalue weighted by Gasteiger charge is 2.34. The summed E-state index contributed by atoms with van der Waals surface area (Å²) >= 11 is 0. The van der Waals surface area contributed by atoms with Crippen LogP contribution in [0.4, 0.5) is 11.5 Å². The Labute approximate surface area is 159 Å². The monoisotopic (exact) mass is 364 g/mol. The Kier molecular flexibility index (Phi) is 4.79. The molecule has 4 rings (SSSR count). The van der Waals surface area contributed by atoms with Gasteiger partial charge in [0.15, 0.2) is 0 Å². The zero-order valence-corrected chi connectivity index (χ0v) is 15.5. The SMILES string of the molecule is Cc1ccc(C(=O)Nc2ccc(N3CCN(C(=O)C4CC4)CC3)nc2)cc1. The lowest BCUT2D eigenvalue weighted by Crippen LogP contribution is -2.49. The van der Waals surface area contributed by atoms with Gasteiger partial charge in [-0.1, -0.05) is 17.7 Å². The van der Waals surface area contributed by atoms with Crippen LogP contribution >= 0.6 is 0 Å². The van der Waals surface area contributed by atoms with Crippen LogP contribution in [0.25, 0.3) is 0 Å². The van der Waals surface area contributed by atoms with Crippen molar-refractivity contribution < 1.29 is 9.59 Å². The van der Waals surface area contributed by atoms with Gasteiger partial charge in [-0.2, -0.15) is 0 Å². The molecule has 2 aliphatic rings. The lowest BCUT2D eigenvalue weighted by atomic mass is 10.1. The van der Waals surface area contributed by atoms with E-state index in [0.717, 1.165) is 50.4 Å². The predicted octanol–water partition coefficient (Wildman–Crippen LogP) is 2.70. The fourth-order valence-electron chi connectivity index (χ4n) is 3.30.